The van der Waals surface area contributed by atoms with Crippen LogP contribution in [0.2, 0.25) is 0 Å². The molecule has 0 saturated heterocycles. The van der Waals surface area contributed by atoms with E-state index >= 15 is 0 Å². The molecule has 15 heavy (non-hydrogen) atoms. The Balaban J connectivity index is 2.67. The molecule has 0 bridgehead atoms. The van der Waals surface area contributed by atoms with Gasteiger partial charge in [0.15, 0.2) is 0 Å². The summed E-state index contributed by atoms with van der Waals surface area (Å²) in [4.78, 5) is 9.77. The maximum absolute atomic E-state index is 8.41. The highest BCUT2D eigenvalue weighted by molar-refractivity contribution is 14.1. The molecule has 0 saturated carbocycles. The fourth-order valence-electron chi connectivity index (χ4n) is 1.05. The third-order valence-electron chi connectivity index (χ3n) is 1.97. The highest BCUT2D eigenvalue weighted by Crippen LogP contribution is 2.05. The van der Waals surface area contributed by atoms with Crippen LogP contribution in [0.3, 0.4) is 0 Å². The first-order valence-corrected chi connectivity index (χ1v) is 5.46. The average Bonchev–Trinajstić information content (AvgIpc) is 2.22. The summed E-state index contributed by atoms with van der Waals surface area (Å²) in [5.74, 6) is 0.705. The van der Waals surface area contributed by atoms with E-state index < -0.39 is 0 Å². The van der Waals surface area contributed by atoms with Crippen LogP contribution in [0.4, 0.5) is 0 Å². The van der Waals surface area contributed by atoms with E-state index in [1.165, 1.54) is 0 Å². The zero-order valence-corrected chi connectivity index (χ0v) is 10.8. The molecule has 4 nitrogen and oxygen atoms in total. The summed E-state index contributed by atoms with van der Waals surface area (Å²) in [6, 6.07) is 3.98. The topological polar surface area (TPSA) is 52.3 Å². The van der Waals surface area contributed by atoms with Gasteiger partial charge in [-0.05, 0) is 41.1 Å². The van der Waals surface area contributed by atoms with Crippen LogP contribution >= 0.6 is 22.6 Å². The van der Waals surface area contributed by atoms with Crippen molar-refractivity contribution in [2.75, 3.05) is 7.05 Å². The zero-order chi connectivity index (χ0) is 11.3. The van der Waals surface area contributed by atoms with Crippen LogP contribution in [0.5, 0.6) is 0 Å². The Morgan fingerprint density at radius 2 is 2.40 bits per heavy atom. The standard InChI is InChI=1S/C10H11IN4/c1-8(14-7-12)15(2)6-9-3-4-10(11)13-5-9/h3-5H,6H2,1-2H3/b14-8+. The second kappa shape index (κ2) is 5.66. The van der Waals surface area contributed by atoms with Gasteiger partial charge in [0.05, 0.1) is 0 Å². The summed E-state index contributed by atoms with van der Waals surface area (Å²) in [5.41, 5.74) is 1.10. The van der Waals surface area contributed by atoms with Crippen LogP contribution in [-0.4, -0.2) is 22.8 Å². The van der Waals surface area contributed by atoms with Crippen molar-refractivity contribution in [3.05, 3.63) is 27.6 Å². The molecule has 78 valence electrons. The highest BCUT2D eigenvalue weighted by atomic mass is 127. The van der Waals surface area contributed by atoms with Crippen LogP contribution in [-0.2, 0) is 6.54 Å². The van der Waals surface area contributed by atoms with Gasteiger partial charge in [0, 0.05) is 19.8 Å². The Labute approximate surface area is 103 Å². The molecule has 0 aliphatic heterocycles. The predicted molar refractivity (Wildman–Crippen MR) is 67.1 cm³/mol. The number of hydrogen-bond donors (Lipinski definition) is 0. The van der Waals surface area contributed by atoms with Crippen molar-refractivity contribution in [1.82, 2.24) is 9.88 Å². The summed E-state index contributed by atoms with van der Waals surface area (Å²) >= 11 is 2.17. The van der Waals surface area contributed by atoms with Crippen LogP contribution in [0.1, 0.15) is 12.5 Å². The first-order valence-electron chi connectivity index (χ1n) is 4.38. The van der Waals surface area contributed by atoms with E-state index in [0.717, 1.165) is 9.26 Å². The molecule has 0 spiro atoms. The van der Waals surface area contributed by atoms with Crippen molar-refractivity contribution in [2.24, 2.45) is 4.99 Å². The lowest BCUT2D eigenvalue weighted by atomic mass is 10.3. The smallest absolute Gasteiger partial charge is 0.207 e. The Kier molecular flexibility index (Phi) is 4.49. The van der Waals surface area contributed by atoms with Crippen LogP contribution < -0.4 is 0 Å². The number of halogens is 1. The van der Waals surface area contributed by atoms with Crippen molar-refractivity contribution in [3.63, 3.8) is 0 Å². The molecule has 0 aliphatic rings. The number of aromatic nitrogens is 1. The molecular weight excluding hydrogens is 303 g/mol. The van der Waals surface area contributed by atoms with Crippen LogP contribution in [0.25, 0.3) is 0 Å². The minimum Gasteiger partial charge on any atom is -0.358 e. The van der Waals surface area contributed by atoms with E-state index in [-0.39, 0.29) is 0 Å². The molecule has 0 fully saturated rings. The van der Waals surface area contributed by atoms with Gasteiger partial charge in [-0.1, -0.05) is 6.07 Å². The van der Waals surface area contributed by atoms with Gasteiger partial charge in [-0.2, -0.15) is 10.3 Å². The largest absolute Gasteiger partial charge is 0.358 e. The molecule has 5 heteroatoms. The van der Waals surface area contributed by atoms with Crippen LogP contribution in [0, 0.1) is 15.2 Å². The highest BCUT2D eigenvalue weighted by Gasteiger charge is 2.02. The van der Waals surface area contributed by atoms with E-state index in [1.807, 2.05) is 37.2 Å². The van der Waals surface area contributed by atoms with E-state index in [1.54, 1.807) is 6.19 Å². The number of hydrogen-bond acceptors (Lipinski definition) is 3. The molecule has 1 heterocycles. The molecule has 0 unspecified atom stereocenters. The molecule has 0 aliphatic carbocycles. The summed E-state index contributed by atoms with van der Waals surface area (Å²) < 4.78 is 0.974. The third-order valence-corrected chi connectivity index (χ3v) is 2.61. The lowest BCUT2D eigenvalue weighted by molar-refractivity contribution is 0.497. The number of rotatable bonds is 2. The van der Waals surface area contributed by atoms with E-state index in [9.17, 15) is 0 Å². The SMILES string of the molecule is C/C(=N\C#N)N(C)Cc1ccc(I)nc1. The van der Waals surface area contributed by atoms with Gasteiger partial charge in [0.2, 0.25) is 6.19 Å². The van der Waals surface area contributed by atoms with Crippen LogP contribution in [0.15, 0.2) is 23.3 Å². The predicted octanol–water partition coefficient (Wildman–Crippen LogP) is 2.02. The zero-order valence-electron chi connectivity index (χ0n) is 8.61. The van der Waals surface area contributed by atoms with Gasteiger partial charge in [0.1, 0.15) is 9.54 Å². The molecule has 1 rings (SSSR count). The third kappa shape index (κ3) is 3.83. The van der Waals surface area contributed by atoms with Crippen molar-refractivity contribution >= 4 is 28.4 Å². The fourth-order valence-corrected chi connectivity index (χ4v) is 1.37. The van der Waals surface area contributed by atoms with E-state index in [4.69, 9.17) is 5.26 Å². The van der Waals surface area contributed by atoms with Gasteiger partial charge >= 0.3 is 0 Å². The molecule has 0 radical (unpaired) electrons. The summed E-state index contributed by atoms with van der Waals surface area (Å²) in [6.07, 6.45) is 3.60. The van der Waals surface area contributed by atoms with Gasteiger partial charge in [0.25, 0.3) is 0 Å². The van der Waals surface area contributed by atoms with Crippen molar-refractivity contribution in [1.29, 1.82) is 5.26 Å². The maximum atomic E-state index is 8.41. The number of pyridine rings is 1. The summed E-state index contributed by atoms with van der Waals surface area (Å²) in [7, 11) is 1.90. The summed E-state index contributed by atoms with van der Waals surface area (Å²) in [6.45, 7) is 2.52. The van der Waals surface area contributed by atoms with E-state index in [0.29, 0.717) is 12.4 Å². The van der Waals surface area contributed by atoms with E-state index in [2.05, 4.69) is 32.6 Å². The Bertz CT molecular complexity index is 391. The molecule has 0 aromatic carbocycles. The molecular formula is C10H11IN4. The summed E-state index contributed by atoms with van der Waals surface area (Å²) in [5, 5.41) is 8.41. The number of amidine groups is 1. The Hall–Kier alpha value is -1.16. The minimum atomic E-state index is 0.705. The first-order chi connectivity index (χ1) is 7.13. The normalized spacial score (nSPS) is 10.9. The first kappa shape index (κ1) is 11.9. The lowest BCUT2D eigenvalue weighted by Gasteiger charge is -2.17. The van der Waals surface area contributed by atoms with Crippen molar-refractivity contribution < 1.29 is 0 Å². The van der Waals surface area contributed by atoms with Gasteiger partial charge in [-0.25, -0.2) is 4.98 Å². The average molecular weight is 314 g/mol. The molecule has 0 N–H and O–H groups in total. The minimum absolute atomic E-state index is 0.705. The Morgan fingerprint density at radius 1 is 1.67 bits per heavy atom. The van der Waals surface area contributed by atoms with Gasteiger partial charge in [-0.3, -0.25) is 0 Å². The second-order valence-corrected chi connectivity index (χ2v) is 4.21. The fraction of sp³-hybridized carbons (Fsp3) is 0.300. The lowest BCUT2D eigenvalue weighted by Crippen LogP contribution is -2.23. The quantitative estimate of drug-likeness (QED) is 0.276. The van der Waals surface area contributed by atoms with Crippen molar-refractivity contribution in [3.8, 4) is 6.19 Å². The number of aliphatic imine (C=N–C) groups is 1. The van der Waals surface area contributed by atoms with Crippen molar-refractivity contribution in [2.45, 2.75) is 13.5 Å². The van der Waals surface area contributed by atoms with Gasteiger partial charge in [-0.15, -0.1) is 0 Å². The number of nitrogens with zero attached hydrogens (tertiary/aromatic N) is 4. The molecule has 1 aromatic heterocycles. The molecule has 0 amide bonds. The molecule has 0 atom stereocenters. The monoisotopic (exact) mass is 314 g/mol. The number of nitriles is 1. The Morgan fingerprint density at radius 3 is 2.93 bits per heavy atom. The van der Waals surface area contributed by atoms with Gasteiger partial charge < -0.3 is 4.90 Å². The second-order valence-electron chi connectivity index (χ2n) is 3.10. The maximum Gasteiger partial charge on any atom is 0.207 e. The molecule has 1 aromatic rings.